The first-order valence-electron chi connectivity index (χ1n) is 15.5. The fraction of sp³-hybridized carbons (Fsp3) is 0.629. The Labute approximate surface area is 240 Å². The molecule has 8 atom stereocenters. The smallest absolute Gasteiger partial charge is 0.254 e. The SMILES string of the molecule is C=C1/C(=C\C=C2/CCC[C@@]3(C)C2CC[C@@H]3[C@H](C)C[C@H]2C[C@](C)(O)C(=O)N2CCc2ccccc2)C[C@@H](O)C[C@@H]1O. The number of carbonyl (C=O) groups is 1. The molecule has 0 spiro atoms. The Morgan fingerprint density at radius 2 is 1.90 bits per heavy atom. The Morgan fingerprint density at radius 3 is 2.65 bits per heavy atom. The average Bonchev–Trinajstić information content (AvgIpc) is 3.37. The first kappa shape index (κ1) is 29.3. The molecule has 1 saturated heterocycles. The third kappa shape index (κ3) is 5.75. The molecular weight excluding hydrogens is 498 g/mol. The molecule has 3 aliphatic carbocycles. The number of aliphatic hydroxyl groups is 3. The molecule has 0 aromatic heterocycles. The van der Waals surface area contributed by atoms with Gasteiger partial charge in [-0.05, 0) is 98.2 Å². The van der Waals surface area contributed by atoms with Crippen molar-refractivity contribution in [2.75, 3.05) is 6.54 Å². The predicted molar refractivity (Wildman–Crippen MR) is 159 cm³/mol. The summed E-state index contributed by atoms with van der Waals surface area (Å²) in [7, 11) is 0. The molecular formula is C35H49NO4. The van der Waals surface area contributed by atoms with Crippen molar-refractivity contribution in [1.29, 1.82) is 0 Å². The number of amides is 1. The summed E-state index contributed by atoms with van der Waals surface area (Å²) in [5.74, 6) is 1.46. The second-order valence-electron chi connectivity index (χ2n) is 13.7. The van der Waals surface area contributed by atoms with Crippen molar-refractivity contribution in [2.24, 2.45) is 23.2 Å². The van der Waals surface area contributed by atoms with Gasteiger partial charge in [0.2, 0.25) is 0 Å². The van der Waals surface area contributed by atoms with Gasteiger partial charge in [-0.1, -0.05) is 68.5 Å². The van der Waals surface area contributed by atoms with E-state index in [9.17, 15) is 20.1 Å². The highest BCUT2D eigenvalue weighted by atomic mass is 16.3. The van der Waals surface area contributed by atoms with Gasteiger partial charge < -0.3 is 20.2 Å². The van der Waals surface area contributed by atoms with Crippen molar-refractivity contribution in [3.8, 4) is 0 Å². The maximum absolute atomic E-state index is 13.2. The summed E-state index contributed by atoms with van der Waals surface area (Å²) >= 11 is 0. The standard InChI is InChI=1S/C35H49NO4/c1-23(19-28-22-35(4,40)33(39)36(28)18-16-25-9-6-5-7-10-25)30-14-15-31-26(11-8-17-34(30,31)3)12-13-27-20-29(37)21-32(38)24(27)2/h5-7,9-10,12-13,23,28-32,37-38,40H,2,8,11,14-22H2,1,3-4H3/b26-12+,27-13-/t23-,28+,29-,30-,31?,32+,34-,35+/m1/s1. The molecule has 1 amide bonds. The van der Waals surface area contributed by atoms with Crippen molar-refractivity contribution in [3.05, 3.63) is 71.3 Å². The zero-order valence-corrected chi connectivity index (χ0v) is 24.7. The third-order valence-electron chi connectivity index (χ3n) is 10.9. The number of hydrogen-bond donors (Lipinski definition) is 3. The number of hydrogen-bond acceptors (Lipinski definition) is 4. The molecule has 4 aliphatic rings. The molecule has 4 fully saturated rings. The van der Waals surface area contributed by atoms with Crippen LogP contribution >= 0.6 is 0 Å². The fourth-order valence-electron chi connectivity index (χ4n) is 8.79. The van der Waals surface area contributed by atoms with Crippen LogP contribution in [0.5, 0.6) is 0 Å². The van der Waals surface area contributed by atoms with Gasteiger partial charge in [0, 0.05) is 25.4 Å². The topological polar surface area (TPSA) is 81.0 Å². The minimum Gasteiger partial charge on any atom is -0.393 e. The lowest BCUT2D eigenvalue weighted by atomic mass is 9.60. The molecule has 1 aliphatic heterocycles. The first-order chi connectivity index (χ1) is 19.0. The number of likely N-dealkylation sites (tertiary alicyclic amines) is 1. The molecule has 218 valence electrons. The van der Waals surface area contributed by atoms with E-state index in [1.807, 2.05) is 23.1 Å². The van der Waals surface area contributed by atoms with Gasteiger partial charge >= 0.3 is 0 Å². The van der Waals surface area contributed by atoms with E-state index in [1.165, 1.54) is 36.8 Å². The summed E-state index contributed by atoms with van der Waals surface area (Å²) in [5, 5.41) is 31.4. The van der Waals surface area contributed by atoms with E-state index < -0.39 is 17.8 Å². The van der Waals surface area contributed by atoms with Gasteiger partial charge in [0.25, 0.3) is 5.91 Å². The largest absolute Gasteiger partial charge is 0.393 e. The summed E-state index contributed by atoms with van der Waals surface area (Å²) < 4.78 is 0. The molecule has 1 unspecified atom stereocenters. The zero-order valence-electron chi connectivity index (χ0n) is 24.7. The zero-order chi connectivity index (χ0) is 28.7. The highest BCUT2D eigenvalue weighted by molar-refractivity contribution is 5.87. The Balaban J connectivity index is 1.28. The van der Waals surface area contributed by atoms with Crippen molar-refractivity contribution >= 4 is 5.91 Å². The molecule has 5 nitrogen and oxygen atoms in total. The lowest BCUT2D eigenvalue weighted by molar-refractivity contribution is -0.142. The van der Waals surface area contributed by atoms with Crippen LogP contribution in [0, 0.1) is 23.2 Å². The second-order valence-corrected chi connectivity index (χ2v) is 13.7. The van der Waals surface area contributed by atoms with Crippen LogP contribution < -0.4 is 0 Å². The predicted octanol–water partition coefficient (Wildman–Crippen LogP) is 5.75. The second kappa shape index (κ2) is 11.6. The number of benzene rings is 1. The Morgan fingerprint density at radius 1 is 1.15 bits per heavy atom. The van der Waals surface area contributed by atoms with Crippen molar-refractivity contribution < 1.29 is 20.1 Å². The molecule has 0 radical (unpaired) electrons. The number of rotatable bonds is 7. The van der Waals surface area contributed by atoms with Gasteiger partial charge in [-0.15, -0.1) is 0 Å². The summed E-state index contributed by atoms with van der Waals surface area (Å²) in [6, 6.07) is 10.4. The van der Waals surface area contributed by atoms with Crippen molar-refractivity contribution in [3.63, 3.8) is 0 Å². The molecule has 40 heavy (non-hydrogen) atoms. The quantitative estimate of drug-likeness (QED) is 0.406. The van der Waals surface area contributed by atoms with E-state index in [0.717, 1.165) is 30.4 Å². The van der Waals surface area contributed by atoms with E-state index in [4.69, 9.17) is 0 Å². The van der Waals surface area contributed by atoms with Crippen LogP contribution in [-0.4, -0.2) is 56.5 Å². The summed E-state index contributed by atoms with van der Waals surface area (Å²) in [6.07, 6.45) is 12.3. The Hall–Kier alpha value is -2.21. The van der Waals surface area contributed by atoms with Gasteiger partial charge in [0.1, 0.15) is 5.60 Å². The third-order valence-corrected chi connectivity index (χ3v) is 10.9. The minimum absolute atomic E-state index is 0.0716. The number of carbonyl (C=O) groups excluding carboxylic acids is 1. The summed E-state index contributed by atoms with van der Waals surface area (Å²) in [5.41, 5.74) is 3.39. The summed E-state index contributed by atoms with van der Waals surface area (Å²) in [6.45, 7) is 11.3. The molecule has 1 aromatic rings. The minimum atomic E-state index is -1.28. The first-order valence-corrected chi connectivity index (χ1v) is 15.5. The highest BCUT2D eigenvalue weighted by Crippen LogP contribution is 2.60. The normalized spacial score (nSPS) is 39.2. The number of nitrogens with zero attached hydrogens (tertiary/aromatic N) is 1. The molecule has 3 N–H and O–H groups in total. The number of aliphatic hydroxyl groups excluding tert-OH is 2. The lowest BCUT2D eigenvalue weighted by Crippen LogP contribution is -2.41. The van der Waals surface area contributed by atoms with E-state index in [0.29, 0.717) is 43.6 Å². The molecule has 0 bridgehead atoms. The van der Waals surface area contributed by atoms with E-state index >= 15 is 0 Å². The summed E-state index contributed by atoms with van der Waals surface area (Å²) in [4.78, 5) is 15.2. The van der Waals surface area contributed by atoms with Gasteiger partial charge in [-0.2, -0.15) is 0 Å². The van der Waals surface area contributed by atoms with E-state index in [-0.39, 0.29) is 17.4 Å². The highest BCUT2D eigenvalue weighted by Gasteiger charge is 2.53. The monoisotopic (exact) mass is 547 g/mol. The van der Waals surface area contributed by atoms with Crippen molar-refractivity contribution in [1.82, 2.24) is 4.90 Å². The van der Waals surface area contributed by atoms with Gasteiger partial charge in [-0.3, -0.25) is 4.79 Å². The molecule has 1 aromatic carbocycles. The molecule has 3 saturated carbocycles. The van der Waals surface area contributed by atoms with Crippen LogP contribution in [0.2, 0.25) is 0 Å². The van der Waals surface area contributed by atoms with Crippen LogP contribution in [-0.2, 0) is 11.2 Å². The number of fused-ring (bicyclic) bond motifs is 1. The van der Waals surface area contributed by atoms with E-state index in [2.05, 4.69) is 44.7 Å². The molecule has 5 rings (SSSR count). The molecule has 1 heterocycles. The molecule has 5 heteroatoms. The lowest BCUT2D eigenvalue weighted by Gasteiger charge is -2.45. The van der Waals surface area contributed by atoms with Gasteiger partial charge in [0.05, 0.1) is 12.2 Å². The van der Waals surface area contributed by atoms with Crippen LogP contribution in [0.25, 0.3) is 0 Å². The van der Waals surface area contributed by atoms with Crippen molar-refractivity contribution in [2.45, 2.75) is 109 Å². The van der Waals surface area contributed by atoms with Crippen LogP contribution in [0.1, 0.15) is 84.1 Å². The van der Waals surface area contributed by atoms with Crippen LogP contribution in [0.15, 0.2) is 65.8 Å². The van der Waals surface area contributed by atoms with E-state index in [1.54, 1.807) is 6.92 Å². The van der Waals surface area contributed by atoms with Crippen LogP contribution in [0.4, 0.5) is 0 Å². The Kier molecular flexibility index (Phi) is 8.48. The maximum atomic E-state index is 13.2. The maximum Gasteiger partial charge on any atom is 0.254 e. The Bertz CT molecular complexity index is 1150. The van der Waals surface area contributed by atoms with Gasteiger partial charge in [0.15, 0.2) is 0 Å². The van der Waals surface area contributed by atoms with Crippen LogP contribution in [0.3, 0.4) is 0 Å². The van der Waals surface area contributed by atoms with Gasteiger partial charge in [-0.25, -0.2) is 0 Å². The fourth-order valence-corrected chi connectivity index (χ4v) is 8.79. The number of allylic oxidation sites excluding steroid dienone is 3. The average molecular weight is 548 g/mol.